The molecule has 0 bridgehead atoms. The summed E-state index contributed by atoms with van der Waals surface area (Å²) in [6.45, 7) is 1.94. The molecule has 2 heterocycles. The Bertz CT molecular complexity index is 746. The van der Waals surface area contributed by atoms with E-state index in [1.54, 1.807) is 0 Å². The van der Waals surface area contributed by atoms with Gasteiger partial charge < -0.3 is 4.90 Å². The van der Waals surface area contributed by atoms with Gasteiger partial charge in [0.25, 0.3) is 0 Å². The van der Waals surface area contributed by atoms with Gasteiger partial charge >= 0.3 is 0 Å². The lowest BCUT2D eigenvalue weighted by Gasteiger charge is -2.24. The van der Waals surface area contributed by atoms with E-state index in [1.807, 2.05) is 36.1 Å². The molecule has 23 heavy (non-hydrogen) atoms. The monoisotopic (exact) mass is 416 g/mol. The minimum Gasteiger partial charge on any atom is -0.316 e. The highest BCUT2D eigenvalue weighted by atomic mass is 79.9. The average Bonchev–Trinajstić information content (AvgIpc) is 2.91. The number of carbonyl (C=O) groups is 1. The van der Waals surface area contributed by atoms with Crippen LogP contribution in [-0.2, 0) is 14.6 Å². The molecule has 3 rings (SSSR count). The van der Waals surface area contributed by atoms with Crippen LogP contribution in [0.3, 0.4) is 0 Å². The maximum Gasteiger partial charge on any atom is 0.248 e. The van der Waals surface area contributed by atoms with Crippen LogP contribution in [0.5, 0.6) is 0 Å². The molecule has 2 aliphatic rings. The van der Waals surface area contributed by atoms with Gasteiger partial charge in [-0.15, -0.1) is 0 Å². The molecule has 0 spiro atoms. The first-order valence-corrected chi connectivity index (χ1v) is 10.9. The Morgan fingerprint density at radius 3 is 2.70 bits per heavy atom. The molecular weight excluding hydrogens is 400 g/mol. The predicted molar refractivity (Wildman–Crippen MR) is 97.8 cm³/mol. The first-order chi connectivity index (χ1) is 10.9. The molecule has 2 unspecified atom stereocenters. The summed E-state index contributed by atoms with van der Waals surface area (Å²) in [5, 5.41) is 0.562. The number of thioether (sulfide) groups is 1. The Balaban J connectivity index is 1.97. The number of halogens is 1. The normalized spacial score (nSPS) is 27.4. The predicted octanol–water partition coefficient (Wildman–Crippen LogP) is 2.85. The summed E-state index contributed by atoms with van der Waals surface area (Å²) in [6, 6.07) is 7.49. The fourth-order valence-corrected chi connectivity index (χ4v) is 7.04. The molecule has 0 aliphatic carbocycles. The number of amides is 1. The molecule has 5 nitrogen and oxygen atoms in total. The Kier molecular flexibility index (Phi) is 4.85. The number of hydrogen-bond donors (Lipinski definition) is 0. The van der Waals surface area contributed by atoms with E-state index < -0.39 is 9.84 Å². The topological polar surface area (TPSA) is 66.8 Å². The van der Waals surface area contributed by atoms with Crippen LogP contribution in [-0.4, -0.2) is 42.3 Å². The third kappa shape index (κ3) is 3.64. The molecule has 2 atom stereocenters. The van der Waals surface area contributed by atoms with E-state index in [2.05, 4.69) is 20.9 Å². The third-order valence-corrected chi connectivity index (χ3v) is 7.59. The number of nitrogens with zero attached hydrogens (tertiary/aromatic N) is 2. The first kappa shape index (κ1) is 17.0. The van der Waals surface area contributed by atoms with E-state index in [0.717, 1.165) is 16.6 Å². The van der Waals surface area contributed by atoms with Gasteiger partial charge in [0, 0.05) is 21.8 Å². The summed E-state index contributed by atoms with van der Waals surface area (Å²) in [4.78, 5) is 18.1. The largest absolute Gasteiger partial charge is 0.316 e. The maximum atomic E-state index is 12.0. The molecule has 2 fully saturated rings. The van der Waals surface area contributed by atoms with Crippen molar-refractivity contribution in [2.45, 2.75) is 31.1 Å². The molecule has 1 aromatic carbocycles. The van der Waals surface area contributed by atoms with Gasteiger partial charge in [0.05, 0.1) is 17.5 Å². The van der Waals surface area contributed by atoms with Crippen molar-refractivity contribution in [1.82, 2.24) is 0 Å². The number of aliphatic imine (C=N–C) groups is 1. The van der Waals surface area contributed by atoms with Crippen LogP contribution in [0.4, 0.5) is 5.69 Å². The number of rotatable bonds is 3. The lowest BCUT2D eigenvalue weighted by molar-refractivity contribution is -0.117. The maximum absolute atomic E-state index is 12.0. The molecule has 0 radical (unpaired) electrons. The highest BCUT2D eigenvalue weighted by Gasteiger charge is 2.49. The Morgan fingerprint density at radius 2 is 2.04 bits per heavy atom. The van der Waals surface area contributed by atoms with Crippen LogP contribution >= 0.6 is 27.7 Å². The summed E-state index contributed by atoms with van der Waals surface area (Å²) in [5.74, 6) is 0.109. The zero-order valence-corrected chi connectivity index (χ0v) is 15.8. The molecular formula is C15H17BrN2O3S2. The second-order valence-electron chi connectivity index (χ2n) is 5.69. The van der Waals surface area contributed by atoms with E-state index in [0.29, 0.717) is 11.6 Å². The van der Waals surface area contributed by atoms with Crippen molar-refractivity contribution in [3.8, 4) is 0 Å². The lowest BCUT2D eigenvalue weighted by Crippen LogP contribution is -2.37. The van der Waals surface area contributed by atoms with Crippen LogP contribution in [0.15, 0.2) is 33.7 Å². The van der Waals surface area contributed by atoms with E-state index in [9.17, 15) is 13.2 Å². The standard InChI is InChI=1S/C15H17BrN2O3S2/c1-2-3-14(19)17-15-18(11-6-4-10(16)5-7-11)12-8-23(20,21)9-13(12)22-15/h4-7,12-13H,2-3,8-9H2,1H3. The molecule has 1 aromatic rings. The van der Waals surface area contributed by atoms with E-state index in [4.69, 9.17) is 0 Å². The van der Waals surface area contributed by atoms with E-state index in [-0.39, 0.29) is 28.7 Å². The third-order valence-electron chi connectivity index (χ3n) is 3.86. The van der Waals surface area contributed by atoms with Crippen LogP contribution in [0.1, 0.15) is 19.8 Å². The molecule has 2 aliphatic heterocycles. The van der Waals surface area contributed by atoms with Crippen molar-refractivity contribution >= 4 is 54.3 Å². The number of hydrogen-bond acceptors (Lipinski definition) is 4. The number of sulfone groups is 1. The number of anilines is 1. The van der Waals surface area contributed by atoms with Gasteiger partial charge in [-0.1, -0.05) is 34.6 Å². The van der Waals surface area contributed by atoms with Crippen molar-refractivity contribution in [3.05, 3.63) is 28.7 Å². The lowest BCUT2D eigenvalue weighted by atomic mass is 10.2. The summed E-state index contributed by atoms with van der Waals surface area (Å²) in [5.41, 5.74) is 0.869. The number of benzene rings is 1. The Labute approximate surface area is 148 Å². The number of amidine groups is 1. The highest BCUT2D eigenvalue weighted by Crippen LogP contribution is 2.41. The van der Waals surface area contributed by atoms with Gasteiger partial charge in [-0.05, 0) is 30.7 Å². The fourth-order valence-electron chi connectivity index (χ4n) is 2.84. The SMILES string of the molecule is CCCC(=O)N=C1SC2CS(=O)(=O)CC2N1c1ccc(Br)cc1. The summed E-state index contributed by atoms with van der Waals surface area (Å²) in [6.07, 6.45) is 1.16. The molecule has 124 valence electrons. The molecule has 2 saturated heterocycles. The fraction of sp³-hybridized carbons (Fsp3) is 0.467. The molecule has 0 N–H and O–H groups in total. The molecule has 0 aromatic heterocycles. The van der Waals surface area contributed by atoms with Crippen LogP contribution in [0.25, 0.3) is 0 Å². The van der Waals surface area contributed by atoms with Crippen molar-refractivity contribution in [1.29, 1.82) is 0 Å². The van der Waals surface area contributed by atoms with Gasteiger partial charge in [0.15, 0.2) is 15.0 Å². The van der Waals surface area contributed by atoms with Gasteiger partial charge in [0.2, 0.25) is 5.91 Å². The minimum absolute atomic E-state index is 0.0585. The second-order valence-corrected chi connectivity index (χ2v) is 9.96. The Hall–Kier alpha value is -0.860. The quantitative estimate of drug-likeness (QED) is 0.757. The van der Waals surface area contributed by atoms with Gasteiger partial charge in [-0.2, -0.15) is 4.99 Å². The van der Waals surface area contributed by atoms with Gasteiger partial charge in [-0.3, -0.25) is 4.79 Å². The van der Waals surface area contributed by atoms with Crippen molar-refractivity contribution < 1.29 is 13.2 Å². The summed E-state index contributed by atoms with van der Waals surface area (Å²) in [7, 11) is -3.03. The van der Waals surface area contributed by atoms with Gasteiger partial charge in [0.1, 0.15) is 0 Å². The highest BCUT2D eigenvalue weighted by molar-refractivity contribution is 9.10. The van der Waals surface area contributed by atoms with Crippen molar-refractivity contribution in [3.63, 3.8) is 0 Å². The van der Waals surface area contributed by atoms with Crippen molar-refractivity contribution in [2.24, 2.45) is 4.99 Å². The zero-order chi connectivity index (χ0) is 16.6. The van der Waals surface area contributed by atoms with Gasteiger partial charge in [-0.25, -0.2) is 8.42 Å². The summed E-state index contributed by atoms with van der Waals surface area (Å²) >= 11 is 4.81. The first-order valence-electron chi connectivity index (χ1n) is 7.43. The van der Waals surface area contributed by atoms with Crippen LogP contribution < -0.4 is 4.90 Å². The number of fused-ring (bicyclic) bond motifs is 1. The minimum atomic E-state index is -3.03. The number of carbonyl (C=O) groups excluding carboxylic acids is 1. The van der Waals surface area contributed by atoms with E-state index in [1.165, 1.54) is 11.8 Å². The smallest absolute Gasteiger partial charge is 0.248 e. The van der Waals surface area contributed by atoms with Crippen LogP contribution in [0, 0.1) is 0 Å². The molecule has 1 amide bonds. The van der Waals surface area contributed by atoms with E-state index >= 15 is 0 Å². The zero-order valence-electron chi connectivity index (χ0n) is 12.6. The molecule has 8 heteroatoms. The second kappa shape index (κ2) is 6.57. The van der Waals surface area contributed by atoms with Crippen LogP contribution in [0.2, 0.25) is 0 Å². The average molecular weight is 417 g/mol. The summed E-state index contributed by atoms with van der Waals surface area (Å²) < 4.78 is 24.9. The Morgan fingerprint density at radius 1 is 1.35 bits per heavy atom. The van der Waals surface area contributed by atoms with Crippen molar-refractivity contribution in [2.75, 3.05) is 16.4 Å². The molecule has 0 saturated carbocycles.